The number of nitrogens with zero attached hydrogens (tertiary/aromatic N) is 4. The highest BCUT2D eigenvalue weighted by atomic mass is 32.1. The van der Waals surface area contributed by atoms with Crippen molar-refractivity contribution in [2.75, 3.05) is 0 Å². The predicted octanol–water partition coefficient (Wildman–Crippen LogP) is 4.97. The highest BCUT2D eigenvalue weighted by Crippen LogP contribution is 2.26. The Morgan fingerprint density at radius 2 is 1.87 bits per heavy atom. The number of aromatic carboxylic acids is 1. The van der Waals surface area contributed by atoms with E-state index in [4.69, 9.17) is 0 Å². The van der Waals surface area contributed by atoms with Gasteiger partial charge < -0.3 is 5.11 Å². The monoisotopic (exact) mass is 419 g/mol. The Balaban J connectivity index is 1.72. The van der Waals surface area contributed by atoms with Gasteiger partial charge in [-0.25, -0.2) is 9.78 Å². The number of carboxylic acids is 1. The van der Waals surface area contributed by atoms with Gasteiger partial charge in [-0.05, 0) is 18.6 Å². The van der Waals surface area contributed by atoms with Crippen LogP contribution in [0.3, 0.4) is 0 Å². The molecule has 0 aliphatic rings. The van der Waals surface area contributed by atoms with E-state index < -0.39 is 11.5 Å². The molecule has 0 radical (unpaired) electrons. The summed E-state index contributed by atoms with van der Waals surface area (Å²) in [6.45, 7) is 1.89. The molecule has 8 nitrogen and oxygen atoms in total. The molecule has 0 amide bonds. The SMILES string of the molecule is CCc1[nH]n(-c2nc(-c3ccccc3)cs2)c(=O)c1N=Nc1ccccc1C(=O)O. The first kappa shape index (κ1) is 19.5. The van der Waals surface area contributed by atoms with Crippen LogP contribution in [-0.4, -0.2) is 25.8 Å². The first-order chi connectivity index (χ1) is 14.6. The molecule has 0 saturated heterocycles. The van der Waals surface area contributed by atoms with E-state index in [0.717, 1.165) is 11.3 Å². The summed E-state index contributed by atoms with van der Waals surface area (Å²) in [6, 6.07) is 15.9. The van der Waals surface area contributed by atoms with Crippen LogP contribution >= 0.6 is 11.3 Å². The van der Waals surface area contributed by atoms with Gasteiger partial charge in [0.25, 0.3) is 0 Å². The molecule has 30 heavy (non-hydrogen) atoms. The molecule has 0 spiro atoms. The van der Waals surface area contributed by atoms with E-state index in [9.17, 15) is 14.7 Å². The van der Waals surface area contributed by atoms with Crippen LogP contribution in [0, 0.1) is 0 Å². The van der Waals surface area contributed by atoms with Crippen LogP contribution in [0.25, 0.3) is 16.4 Å². The third-order valence-corrected chi connectivity index (χ3v) is 5.26. The molecule has 9 heteroatoms. The normalized spacial score (nSPS) is 11.2. The number of aryl methyl sites for hydroxylation is 1. The third kappa shape index (κ3) is 3.70. The van der Waals surface area contributed by atoms with Crippen LogP contribution < -0.4 is 5.56 Å². The first-order valence-electron chi connectivity index (χ1n) is 9.17. The molecule has 0 unspecified atom stereocenters. The number of carboxylic acid groups (broad SMARTS) is 1. The lowest BCUT2D eigenvalue weighted by Gasteiger charge is -1.98. The fourth-order valence-electron chi connectivity index (χ4n) is 2.91. The number of aromatic nitrogens is 3. The van der Waals surface area contributed by atoms with Gasteiger partial charge in [0.1, 0.15) is 5.69 Å². The number of H-pyrrole nitrogens is 1. The van der Waals surface area contributed by atoms with Gasteiger partial charge in [-0.15, -0.1) is 21.6 Å². The summed E-state index contributed by atoms with van der Waals surface area (Å²) < 4.78 is 1.34. The number of nitrogens with one attached hydrogen (secondary N) is 1. The Labute approximate surface area is 175 Å². The summed E-state index contributed by atoms with van der Waals surface area (Å²) in [4.78, 5) is 28.9. The smallest absolute Gasteiger partial charge is 0.337 e. The second kappa shape index (κ2) is 8.26. The quantitative estimate of drug-likeness (QED) is 0.430. The number of rotatable bonds is 6. The van der Waals surface area contributed by atoms with Crippen molar-refractivity contribution in [1.82, 2.24) is 14.8 Å². The number of aromatic amines is 1. The maximum Gasteiger partial charge on any atom is 0.337 e. The van der Waals surface area contributed by atoms with Crippen molar-refractivity contribution in [3.8, 4) is 16.4 Å². The largest absolute Gasteiger partial charge is 0.478 e. The van der Waals surface area contributed by atoms with Crippen molar-refractivity contribution in [2.24, 2.45) is 10.2 Å². The molecule has 2 aromatic carbocycles. The van der Waals surface area contributed by atoms with Crippen LogP contribution in [-0.2, 0) is 6.42 Å². The van der Waals surface area contributed by atoms with Crippen molar-refractivity contribution in [2.45, 2.75) is 13.3 Å². The molecule has 0 bridgehead atoms. The van der Waals surface area contributed by atoms with Crippen molar-refractivity contribution in [1.29, 1.82) is 0 Å². The zero-order valence-electron chi connectivity index (χ0n) is 15.9. The summed E-state index contributed by atoms with van der Waals surface area (Å²) in [5.41, 5.74) is 2.26. The average Bonchev–Trinajstić information content (AvgIpc) is 3.37. The second-order valence-electron chi connectivity index (χ2n) is 6.34. The summed E-state index contributed by atoms with van der Waals surface area (Å²) in [5, 5.41) is 22.8. The lowest BCUT2D eigenvalue weighted by molar-refractivity contribution is 0.0697. The Bertz CT molecular complexity index is 1290. The maximum absolute atomic E-state index is 13.0. The molecule has 2 aromatic heterocycles. The molecule has 2 heterocycles. The Morgan fingerprint density at radius 1 is 1.13 bits per heavy atom. The van der Waals surface area contributed by atoms with Crippen LogP contribution in [0.5, 0.6) is 0 Å². The van der Waals surface area contributed by atoms with Crippen molar-refractivity contribution in [3.05, 3.63) is 81.6 Å². The van der Waals surface area contributed by atoms with Gasteiger partial charge in [0.05, 0.1) is 17.0 Å². The van der Waals surface area contributed by atoms with Crippen molar-refractivity contribution >= 4 is 28.7 Å². The zero-order valence-corrected chi connectivity index (χ0v) is 16.8. The van der Waals surface area contributed by atoms with Gasteiger partial charge in [0, 0.05) is 10.9 Å². The van der Waals surface area contributed by atoms with E-state index in [-0.39, 0.29) is 16.9 Å². The summed E-state index contributed by atoms with van der Waals surface area (Å²) in [6.07, 6.45) is 0.522. The van der Waals surface area contributed by atoms with Crippen LogP contribution in [0.15, 0.2) is 75.0 Å². The Kier molecular flexibility index (Phi) is 5.36. The van der Waals surface area contributed by atoms with Crippen LogP contribution in [0.1, 0.15) is 23.0 Å². The van der Waals surface area contributed by atoms with E-state index in [2.05, 4.69) is 20.3 Å². The molecular weight excluding hydrogens is 402 g/mol. The molecule has 0 aliphatic carbocycles. The Morgan fingerprint density at radius 3 is 2.60 bits per heavy atom. The van der Waals surface area contributed by atoms with E-state index in [1.165, 1.54) is 28.2 Å². The van der Waals surface area contributed by atoms with E-state index >= 15 is 0 Å². The predicted molar refractivity (Wildman–Crippen MR) is 114 cm³/mol. The second-order valence-corrected chi connectivity index (χ2v) is 7.17. The van der Waals surface area contributed by atoms with Crippen molar-refractivity contribution in [3.63, 3.8) is 0 Å². The number of azo groups is 1. The Hall–Kier alpha value is -3.85. The summed E-state index contributed by atoms with van der Waals surface area (Å²) in [5.74, 6) is -1.11. The molecule has 0 atom stereocenters. The number of thiazole rings is 1. The van der Waals surface area contributed by atoms with Gasteiger partial charge >= 0.3 is 11.5 Å². The highest BCUT2D eigenvalue weighted by Gasteiger charge is 2.17. The maximum atomic E-state index is 13.0. The minimum Gasteiger partial charge on any atom is -0.478 e. The van der Waals surface area contributed by atoms with Gasteiger partial charge in [-0.2, -0.15) is 4.68 Å². The molecule has 0 fully saturated rings. The number of hydrogen-bond acceptors (Lipinski definition) is 6. The highest BCUT2D eigenvalue weighted by molar-refractivity contribution is 7.12. The minimum atomic E-state index is -1.11. The standard InChI is InChI=1S/C21H17N5O3S/c1-2-15-18(24-23-16-11-7-6-10-14(16)20(28)29)19(27)26(25-15)21-22-17(12-30-21)13-8-4-3-5-9-13/h3-12,25H,2H2,1H3,(H,28,29). The molecule has 4 aromatic rings. The number of hydrogen-bond donors (Lipinski definition) is 2. The molecule has 0 saturated carbocycles. The summed E-state index contributed by atoms with van der Waals surface area (Å²) in [7, 11) is 0. The lowest BCUT2D eigenvalue weighted by Crippen LogP contribution is -2.13. The van der Waals surface area contributed by atoms with Crippen LogP contribution in [0.4, 0.5) is 11.4 Å². The molecule has 2 N–H and O–H groups in total. The van der Waals surface area contributed by atoms with E-state index in [0.29, 0.717) is 17.2 Å². The lowest BCUT2D eigenvalue weighted by atomic mass is 10.2. The molecule has 150 valence electrons. The van der Waals surface area contributed by atoms with Gasteiger partial charge in [0.2, 0.25) is 5.13 Å². The van der Waals surface area contributed by atoms with Crippen LogP contribution in [0.2, 0.25) is 0 Å². The van der Waals surface area contributed by atoms with E-state index in [1.807, 2.05) is 42.6 Å². The fourth-order valence-corrected chi connectivity index (χ4v) is 3.70. The number of benzene rings is 2. The molecule has 0 aliphatic heterocycles. The fraction of sp³-hybridized carbons (Fsp3) is 0.0952. The van der Waals surface area contributed by atoms with Crippen molar-refractivity contribution < 1.29 is 9.90 Å². The van der Waals surface area contributed by atoms with Gasteiger partial charge in [-0.3, -0.25) is 9.89 Å². The molecular formula is C21H17N5O3S. The first-order valence-corrected chi connectivity index (χ1v) is 10.1. The van der Waals surface area contributed by atoms with Gasteiger partial charge in [-0.1, -0.05) is 49.4 Å². The minimum absolute atomic E-state index is 0.0163. The average molecular weight is 419 g/mol. The summed E-state index contributed by atoms with van der Waals surface area (Å²) >= 11 is 1.34. The van der Waals surface area contributed by atoms with Gasteiger partial charge in [0.15, 0.2) is 5.69 Å². The molecule has 4 rings (SSSR count). The topological polar surface area (TPSA) is 113 Å². The third-order valence-electron chi connectivity index (χ3n) is 4.44. The van der Waals surface area contributed by atoms with E-state index in [1.54, 1.807) is 12.1 Å². The zero-order chi connectivity index (χ0) is 21.1. The number of carbonyl (C=O) groups is 1.